The number of fused-ring (bicyclic) bond motifs is 3. The second-order valence-corrected chi connectivity index (χ2v) is 30.5. The van der Waals surface area contributed by atoms with Crippen molar-refractivity contribution < 1.29 is 106 Å². The van der Waals surface area contributed by atoms with Gasteiger partial charge in [0.15, 0.2) is 10.0 Å². The van der Waals surface area contributed by atoms with Gasteiger partial charge in [-0.2, -0.15) is 0 Å². The van der Waals surface area contributed by atoms with Crippen LogP contribution in [-0.4, -0.2) is 251 Å². The third-order valence-corrected chi connectivity index (χ3v) is 22.2. The number of halogens is 4. The molecule has 19 rings (SSSR count). The van der Waals surface area contributed by atoms with Crippen LogP contribution in [0.25, 0.3) is 56.3 Å². The average molecular weight is 1870 g/mol. The minimum atomic E-state index is -1.07. The number of carbonyl (C=O) groups is 7. The van der Waals surface area contributed by atoms with Gasteiger partial charge in [0.05, 0.1) is 92.4 Å². The fraction of sp³-hybridized carbons (Fsp3) is 0.222. The Balaban J connectivity index is 0.000000200. The summed E-state index contributed by atoms with van der Waals surface area (Å²) in [7, 11) is 2.60. The minimum Gasteiger partial charge on any atom is -0.870 e. The number of benzene rings is 8. The number of nitrogens with zero attached hydrogens (tertiary/aromatic N) is 14. The summed E-state index contributed by atoms with van der Waals surface area (Å²) < 4.78 is 68.2. The van der Waals surface area contributed by atoms with E-state index in [2.05, 4.69) is 64.8 Å². The number of carboxylic acids is 1. The van der Waals surface area contributed by atoms with Gasteiger partial charge in [-0.05, 0) is 177 Å². The van der Waals surface area contributed by atoms with Crippen LogP contribution in [0, 0.1) is 23.3 Å². The molecule has 36 nitrogen and oxygen atoms in total. The normalized spacial score (nSPS) is 13.2. The predicted octanol–water partition coefficient (Wildman–Crippen LogP) is 8.82. The molecule has 4 fully saturated rings. The number of likely N-dealkylation sites (tertiary alicyclic amines) is 1. The van der Waals surface area contributed by atoms with E-state index >= 15 is 0 Å². The average Bonchev–Trinajstić information content (AvgIpc) is 1.64. The Kier molecular flexibility index (Phi) is 38.1. The van der Waals surface area contributed by atoms with Gasteiger partial charge >= 0.3 is 70.6 Å². The molecule has 692 valence electrons. The Hall–Kier alpha value is -14.2. The van der Waals surface area contributed by atoms with Crippen molar-refractivity contribution in [1.29, 1.82) is 0 Å². The number of aromatic carboxylic acids is 1. The molecule has 43 heteroatoms. The van der Waals surface area contributed by atoms with Gasteiger partial charge in [0.2, 0.25) is 0 Å². The van der Waals surface area contributed by atoms with E-state index in [0.717, 1.165) is 52.4 Å². The predicted molar refractivity (Wildman–Crippen MR) is 491 cm³/mol. The number of aliphatic hydroxyl groups is 1. The zero-order valence-electron chi connectivity index (χ0n) is 70.8. The number of nitrogens with one attached hydrogen (secondary N) is 5. The van der Waals surface area contributed by atoms with Gasteiger partial charge in [0.25, 0.3) is 17.7 Å². The van der Waals surface area contributed by atoms with E-state index in [1.165, 1.54) is 176 Å². The molecule has 15 aromatic rings. The molecule has 0 aliphatic carbocycles. The molecule has 0 saturated carbocycles. The molecular formula is C90H95F4N21NaO15S2-. The Labute approximate surface area is 787 Å². The molecule has 0 atom stereocenters. The van der Waals surface area contributed by atoms with E-state index in [0.29, 0.717) is 126 Å². The first-order valence-corrected chi connectivity index (χ1v) is 41.4. The van der Waals surface area contributed by atoms with Gasteiger partial charge in [0, 0.05) is 156 Å². The number of imidazole rings is 5. The number of aliphatic hydroxyl groups excluding tert-OH is 1. The molecule has 3 amide bonds. The van der Waals surface area contributed by atoms with Crippen LogP contribution in [0.4, 0.5) is 39.4 Å². The Bertz CT molecular complexity index is 6520. The van der Waals surface area contributed by atoms with E-state index in [9.17, 15) is 65.5 Å². The molecule has 0 radical (unpaired) electrons. The number of hydrogen-bond acceptors (Lipinski definition) is 25. The molecule has 4 saturated heterocycles. The number of nitrogens with two attached hydrogens (primary N) is 2. The zero-order chi connectivity index (χ0) is 90.7. The van der Waals surface area contributed by atoms with Gasteiger partial charge in [-0.3, -0.25) is 47.0 Å². The number of amides is 3. The first kappa shape index (κ1) is 104. The van der Waals surface area contributed by atoms with Gasteiger partial charge in [-0.25, -0.2) is 71.1 Å². The summed E-state index contributed by atoms with van der Waals surface area (Å²) in [5.74, 6) is -3.45. The number of aromatic nitrogens is 12. The fourth-order valence-corrected chi connectivity index (χ4v) is 15.2. The van der Waals surface area contributed by atoms with Gasteiger partial charge in [-0.1, -0.05) is 14.9 Å². The van der Waals surface area contributed by atoms with Crippen LogP contribution in [0.5, 0.6) is 0 Å². The third kappa shape index (κ3) is 25.7. The van der Waals surface area contributed by atoms with Gasteiger partial charge < -0.3 is 77.3 Å². The van der Waals surface area contributed by atoms with Crippen LogP contribution in [0.15, 0.2) is 245 Å². The van der Waals surface area contributed by atoms with Crippen molar-refractivity contribution in [2.45, 2.75) is 33.9 Å². The van der Waals surface area contributed by atoms with Crippen molar-refractivity contribution in [2.24, 2.45) is 0 Å². The van der Waals surface area contributed by atoms with Crippen LogP contribution in [0.2, 0.25) is 0 Å². The Morgan fingerprint density at radius 1 is 0.489 bits per heavy atom. The zero-order valence-corrected chi connectivity index (χ0v) is 74.4. The number of aromatic amines is 3. The van der Waals surface area contributed by atoms with Crippen molar-refractivity contribution in [2.75, 3.05) is 110 Å². The number of nitrogen functional groups attached to an aromatic ring is 1. The van der Waals surface area contributed by atoms with E-state index in [1.54, 1.807) is 121 Å². The van der Waals surface area contributed by atoms with Crippen LogP contribution in [-0.2, 0) is 9.47 Å². The summed E-state index contributed by atoms with van der Waals surface area (Å²) in [4.78, 5) is 153. The van der Waals surface area contributed by atoms with E-state index < -0.39 is 29.4 Å². The number of carboxylic acid groups (broad SMARTS) is 1. The quantitative estimate of drug-likeness (QED) is 0.0231. The van der Waals surface area contributed by atoms with Crippen LogP contribution >= 0.6 is 22.7 Å². The number of piperazine rings is 2. The van der Waals surface area contributed by atoms with E-state index in [4.69, 9.17) is 15.9 Å². The number of rotatable bonds is 13. The summed E-state index contributed by atoms with van der Waals surface area (Å²) in [5, 5.41) is 27.6. The molecule has 0 spiro atoms. The second kappa shape index (κ2) is 48.6. The summed E-state index contributed by atoms with van der Waals surface area (Å²) in [6.07, 6.45) is 12.5. The van der Waals surface area contributed by atoms with Gasteiger partial charge in [0.1, 0.15) is 35.9 Å². The van der Waals surface area contributed by atoms with Crippen molar-refractivity contribution in [3.8, 4) is 17.1 Å². The first-order chi connectivity index (χ1) is 61.9. The number of H-pyrrole nitrogens is 3. The third-order valence-electron chi connectivity index (χ3n) is 20.6. The van der Waals surface area contributed by atoms with Crippen molar-refractivity contribution >= 4 is 114 Å². The number of thiazole rings is 2. The largest absolute Gasteiger partial charge is 1.00 e. The summed E-state index contributed by atoms with van der Waals surface area (Å²) in [6.45, 7) is 11.9. The number of esters is 2. The fourth-order valence-electron chi connectivity index (χ4n) is 13.9. The van der Waals surface area contributed by atoms with Crippen LogP contribution in [0.1, 0.15) is 82.8 Å². The topological polar surface area (TPSA) is 483 Å². The van der Waals surface area contributed by atoms with Crippen molar-refractivity contribution in [1.82, 2.24) is 87.5 Å². The number of ether oxygens (including phenoxy) is 2. The van der Waals surface area contributed by atoms with Crippen molar-refractivity contribution in [3.05, 3.63) is 324 Å². The maximum atomic E-state index is 13.3. The first-order valence-electron chi connectivity index (χ1n) is 39.7. The standard InChI is InChI=1S/C25H23FN6O3S.C15H11FN2O3.C14H9FN2O3.C14H13FN2O2.C11H16N4OS.C7H6N4O.C2H6O.2CH4.H2N.Na.H2O/c26-17-2-4-18(5-3-17)32-21-6-1-16(13-20(21)28-25(32)35)23(33)31-14-19(15-31)29-8-10-30(11-9-29)24(34)22-27-7-12-36-22;1-21-14(19)9-2-7-13-12(8-9)17-15(20)18(13)11-5-3-10(16)4-6-11;15-9-2-4-10(5-3-9)17-12-6-1-8(13(18)19)7-11(12)16-14(17)20;1-19-14(18)9-2-7-13(12(16)8-9)17-11-5-3-10(15)4-6-11;16-11(10-13-1-6-17-10)15-4-2-14(3-5-15)9-7-12-8-9;12-7(10-3-1-8-5-10)11-4-2-9-6-11;1-2-3;;;;;/h1-7,12-13,19H,8-11,14-15H2,(H,28,35);2-8H,1H3,(H,17,20);1-7H,(H,16,20)(H,18,19);2-8,17H,16H2,1H3;1,6,9,12H,2-5,7-8H2;1-6H;3H,2H2,1H3;2*1H4;1H2;;1H2/q;;;;;;;;;-1;+1;/p-1. The van der Waals surface area contributed by atoms with Gasteiger partial charge in [-0.15, -0.1) is 22.7 Å². The SMILES string of the molecule is C.C.CCO.COC(=O)c1ccc(Nc2ccc(F)cc2)c(N)c1.COC(=O)c1ccc2c(c1)[nH]c(=O)n2-c1ccc(F)cc1.O=C(O)c1ccc2c(c1)[nH]c(=O)n2-c1ccc(F)cc1.O=C(c1ccc2c(c1)[nH]c(=O)n2-c1ccc(F)cc1)N1CC(N2CCN(C(=O)c3nccs3)CC2)C1.O=C(c1nccs1)N1CCN(C2CNC2)CC1.O=C(n1ccnc1)n1ccnc1.[NH2-].[Na+].[OH-]. The Morgan fingerprint density at radius 3 is 1.20 bits per heavy atom. The Morgan fingerprint density at radius 2 is 0.850 bits per heavy atom. The number of anilines is 3. The molecule has 4 aliphatic heterocycles. The van der Waals surface area contributed by atoms with Crippen LogP contribution in [0.3, 0.4) is 0 Å². The molecule has 8 aromatic carbocycles. The number of carbonyl (C=O) groups excluding carboxylic acids is 6. The minimum absolute atomic E-state index is 0. The van der Waals surface area contributed by atoms with Crippen molar-refractivity contribution in [3.63, 3.8) is 0 Å². The maximum Gasteiger partial charge on any atom is 1.00 e. The maximum absolute atomic E-state index is 13.3. The second-order valence-electron chi connectivity index (χ2n) is 28.7. The number of methoxy groups -OCH3 is 2. The summed E-state index contributed by atoms with van der Waals surface area (Å²) in [6, 6.07) is 42.5. The molecule has 0 unspecified atom stereocenters. The summed E-state index contributed by atoms with van der Waals surface area (Å²) >= 11 is 2.78. The molecule has 4 aliphatic rings. The van der Waals surface area contributed by atoms with E-state index in [1.807, 2.05) is 15.2 Å². The van der Waals surface area contributed by atoms with E-state index in [-0.39, 0.29) is 127 Å². The molecule has 133 heavy (non-hydrogen) atoms. The monoisotopic (exact) mass is 1870 g/mol. The smallest absolute Gasteiger partial charge is 0.870 e. The molecule has 7 aromatic heterocycles. The van der Waals surface area contributed by atoms with Crippen LogP contribution < -0.4 is 63.0 Å². The number of hydrogen-bond donors (Lipinski definition) is 8. The molecule has 0 bridgehead atoms. The summed E-state index contributed by atoms with van der Waals surface area (Å²) in [5.41, 5.74) is 12.6. The molecule has 12 N–H and O–H groups in total. The molecule has 11 heterocycles. The molecular weight excluding hydrogens is 1780 g/mol.